The number of hydrogen-bond acceptors (Lipinski definition) is 4. The second-order valence-corrected chi connectivity index (χ2v) is 9.26. The minimum Gasteiger partial charge on any atom is -0.464 e. The van der Waals surface area contributed by atoms with Gasteiger partial charge in [-0.2, -0.15) is 13.2 Å². The monoisotopic (exact) mass is 452 g/mol. The van der Waals surface area contributed by atoms with Gasteiger partial charge in [0.2, 0.25) is 6.10 Å². The third kappa shape index (κ3) is 5.46. The van der Waals surface area contributed by atoms with Crippen LogP contribution < -0.4 is 5.32 Å². The number of alkyl halides is 3. The van der Waals surface area contributed by atoms with Gasteiger partial charge in [-0.25, -0.2) is 0 Å². The summed E-state index contributed by atoms with van der Waals surface area (Å²) in [6, 6.07) is 7.90. The van der Waals surface area contributed by atoms with E-state index in [-0.39, 0.29) is 6.04 Å². The summed E-state index contributed by atoms with van der Waals surface area (Å²) < 4.78 is 43.0. The van der Waals surface area contributed by atoms with Crippen LogP contribution in [0.3, 0.4) is 0 Å². The number of likely N-dealkylation sites (tertiary alicyclic amines) is 1. The Bertz CT molecular complexity index is 897. The first kappa shape index (κ1) is 23.1. The summed E-state index contributed by atoms with van der Waals surface area (Å²) in [5.74, 6) is -0.276. The van der Waals surface area contributed by atoms with Crippen LogP contribution in [0, 0.1) is 5.92 Å². The number of para-hydroxylation sites is 1. The van der Waals surface area contributed by atoms with Gasteiger partial charge in [0.25, 0.3) is 5.91 Å². The van der Waals surface area contributed by atoms with Crippen molar-refractivity contribution in [2.75, 3.05) is 19.6 Å². The molecule has 176 valence electrons. The van der Waals surface area contributed by atoms with E-state index in [4.69, 9.17) is 9.52 Å². The average molecular weight is 453 g/mol. The zero-order valence-corrected chi connectivity index (χ0v) is 18.1. The number of rotatable bonds is 6. The molecule has 1 atom stereocenters. The second kappa shape index (κ2) is 9.83. The van der Waals surface area contributed by atoms with Crippen LogP contribution in [-0.2, 0) is 4.79 Å². The van der Waals surface area contributed by atoms with Gasteiger partial charge in [0.05, 0.1) is 6.26 Å². The highest BCUT2D eigenvalue weighted by atomic mass is 19.4. The largest absolute Gasteiger partial charge is 0.464 e. The number of nitrogens with one attached hydrogen (secondary N) is 1. The highest BCUT2D eigenvalue weighted by Gasteiger charge is 2.44. The number of nitrogens with zero attached hydrogens (tertiary/aromatic N) is 1. The number of furan rings is 1. The Kier molecular flexibility index (Phi) is 7.10. The Morgan fingerprint density at radius 1 is 1.12 bits per heavy atom. The molecule has 0 bridgehead atoms. The standard InChI is InChI=1S/C24H31F3N2O3/c25-24(26,27)22(30)23(31)28-18-7-5-16(6-8-18)9-12-29-13-10-17(11-14-29)20-15-32-21-4-2-1-3-19(20)21/h1-4,15-18,22,30H,5-14H2,(H,28,31)/t16?,18?,22-/m0/s1. The molecule has 1 saturated heterocycles. The molecule has 2 N–H and O–H groups in total. The molecule has 4 rings (SSSR count). The van der Waals surface area contributed by atoms with Crippen molar-refractivity contribution in [2.45, 2.75) is 69.2 Å². The lowest BCUT2D eigenvalue weighted by Crippen LogP contribution is -2.48. The number of fused-ring (bicyclic) bond motifs is 1. The maximum Gasteiger partial charge on any atom is 0.423 e. The Morgan fingerprint density at radius 2 is 1.81 bits per heavy atom. The molecule has 0 radical (unpaired) electrons. The summed E-state index contributed by atoms with van der Waals surface area (Å²) in [4.78, 5) is 14.1. The molecule has 8 heteroatoms. The van der Waals surface area contributed by atoms with Gasteiger partial charge in [0.15, 0.2) is 0 Å². The molecule has 1 aliphatic heterocycles. The van der Waals surface area contributed by atoms with E-state index in [2.05, 4.69) is 22.3 Å². The van der Waals surface area contributed by atoms with Crippen LogP contribution >= 0.6 is 0 Å². The number of carbonyl (C=O) groups is 1. The van der Waals surface area contributed by atoms with E-state index >= 15 is 0 Å². The van der Waals surface area contributed by atoms with Crippen LogP contribution in [0.1, 0.15) is 56.4 Å². The van der Waals surface area contributed by atoms with Crippen LogP contribution in [-0.4, -0.2) is 53.9 Å². The van der Waals surface area contributed by atoms with Crippen molar-refractivity contribution in [1.82, 2.24) is 10.2 Å². The van der Waals surface area contributed by atoms with E-state index in [1.165, 1.54) is 10.9 Å². The van der Waals surface area contributed by atoms with E-state index in [1.54, 1.807) is 0 Å². The molecule has 1 aromatic heterocycles. The van der Waals surface area contributed by atoms with Crippen LogP contribution in [0.25, 0.3) is 11.0 Å². The fourth-order valence-electron chi connectivity index (χ4n) is 5.17. The van der Waals surface area contributed by atoms with E-state index < -0.39 is 18.2 Å². The molecule has 0 unspecified atom stereocenters. The molecular formula is C24H31F3N2O3. The van der Waals surface area contributed by atoms with Crippen molar-refractivity contribution in [3.63, 3.8) is 0 Å². The summed E-state index contributed by atoms with van der Waals surface area (Å²) in [5, 5.41) is 12.6. The van der Waals surface area contributed by atoms with Gasteiger partial charge in [-0.3, -0.25) is 4.79 Å². The van der Waals surface area contributed by atoms with Crippen LogP contribution in [0.15, 0.2) is 34.9 Å². The van der Waals surface area contributed by atoms with Crippen molar-refractivity contribution in [3.05, 3.63) is 36.1 Å². The van der Waals surface area contributed by atoms with Crippen molar-refractivity contribution in [1.29, 1.82) is 0 Å². The maximum absolute atomic E-state index is 12.4. The SMILES string of the molecule is O=C(NC1CCC(CCN2CCC(c3coc4ccccc34)CC2)CC1)[C@H](O)C(F)(F)F. The zero-order valence-electron chi connectivity index (χ0n) is 18.1. The minimum absolute atomic E-state index is 0.281. The average Bonchev–Trinajstić information content (AvgIpc) is 3.22. The molecular weight excluding hydrogens is 421 g/mol. The van der Waals surface area contributed by atoms with Crippen molar-refractivity contribution in [2.24, 2.45) is 5.92 Å². The first-order valence-corrected chi connectivity index (χ1v) is 11.5. The Balaban J connectivity index is 1.16. The van der Waals surface area contributed by atoms with E-state index in [1.807, 2.05) is 18.4 Å². The lowest BCUT2D eigenvalue weighted by atomic mass is 9.83. The highest BCUT2D eigenvalue weighted by molar-refractivity contribution is 5.82. The molecule has 2 fully saturated rings. The molecule has 2 heterocycles. The van der Waals surface area contributed by atoms with Gasteiger partial charge in [0.1, 0.15) is 5.58 Å². The summed E-state index contributed by atoms with van der Waals surface area (Å²) in [6.07, 6.45) is 0.472. The third-order valence-electron chi connectivity index (χ3n) is 7.14. The molecule has 1 amide bonds. The summed E-state index contributed by atoms with van der Waals surface area (Å²) in [7, 11) is 0. The van der Waals surface area contributed by atoms with E-state index in [0.29, 0.717) is 24.7 Å². The first-order valence-electron chi connectivity index (χ1n) is 11.5. The number of amides is 1. The predicted octanol–water partition coefficient (Wildman–Crippen LogP) is 4.60. The number of halogens is 3. The highest BCUT2D eigenvalue weighted by Crippen LogP contribution is 2.35. The van der Waals surface area contributed by atoms with Crippen LogP contribution in [0.5, 0.6) is 0 Å². The number of aliphatic hydroxyl groups is 1. The number of benzene rings is 1. The third-order valence-corrected chi connectivity index (χ3v) is 7.14. The molecule has 2 aliphatic rings. The quantitative estimate of drug-likeness (QED) is 0.672. The predicted molar refractivity (Wildman–Crippen MR) is 115 cm³/mol. The lowest BCUT2D eigenvalue weighted by molar-refractivity contribution is -0.205. The fourth-order valence-corrected chi connectivity index (χ4v) is 5.17. The van der Waals surface area contributed by atoms with Gasteiger partial charge in [-0.15, -0.1) is 0 Å². The molecule has 0 spiro atoms. The smallest absolute Gasteiger partial charge is 0.423 e. The fraction of sp³-hybridized carbons (Fsp3) is 0.625. The first-order chi connectivity index (χ1) is 15.3. The number of piperidine rings is 1. The Labute approximate surface area is 185 Å². The van der Waals surface area contributed by atoms with Crippen molar-refractivity contribution < 1.29 is 27.5 Å². The summed E-state index contributed by atoms with van der Waals surface area (Å²) in [6.45, 7) is 3.16. The Hall–Kier alpha value is -2.06. The molecule has 1 aromatic carbocycles. The number of aliphatic hydroxyl groups excluding tert-OH is 1. The normalized spacial score (nSPS) is 24.5. The van der Waals surface area contributed by atoms with Gasteiger partial charge in [-0.05, 0) is 82.5 Å². The van der Waals surface area contributed by atoms with Crippen molar-refractivity contribution in [3.8, 4) is 0 Å². The van der Waals surface area contributed by atoms with Gasteiger partial charge in [0, 0.05) is 17.0 Å². The van der Waals surface area contributed by atoms with Gasteiger partial charge < -0.3 is 19.7 Å². The zero-order chi connectivity index (χ0) is 22.7. The lowest BCUT2D eigenvalue weighted by Gasteiger charge is -2.34. The number of carbonyl (C=O) groups excluding carboxylic acids is 1. The van der Waals surface area contributed by atoms with Crippen LogP contribution in [0.4, 0.5) is 13.2 Å². The van der Waals surface area contributed by atoms with E-state index in [9.17, 15) is 18.0 Å². The maximum atomic E-state index is 12.4. The number of hydrogen-bond donors (Lipinski definition) is 2. The van der Waals surface area contributed by atoms with Crippen LogP contribution in [0.2, 0.25) is 0 Å². The second-order valence-electron chi connectivity index (χ2n) is 9.26. The minimum atomic E-state index is -4.92. The molecule has 1 saturated carbocycles. The van der Waals surface area contributed by atoms with Crippen molar-refractivity contribution >= 4 is 16.9 Å². The van der Waals surface area contributed by atoms with Gasteiger partial charge in [-0.1, -0.05) is 18.2 Å². The molecule has 2 aromatic rings. The topological polar surface area (TPSA) is 65.7 Å². The van der Waals surface area contributed by atoms with Gasteiger partial charge >= 0.3 is 6.18 Å². The summed E-state index contributed by atoms with van der Waals surface area (Å²) >= 11 is 0. The molecule has 1 aliphatic carbocycles. The Morgan fingerprint density at radius 3 is 2.50 bits per heavy atom. The van der Waals surface area contributed by atoms with E-state index in [0.717, 1.165) is 57.3 Å². The molecule has 32 heavy (non-hydrogen) atoms. The summed E-state index contributed by atoms with van der Waals surface area (Å²) in [5.41, 5.74) is 2.26. The molecule has 5 nitrogen and oxygen atoms in total.